The number of urea groups is 1. The fourth-order valence-electron chi connectivity index (χ4n) is 3.03. The largest absolute Gasteiger partial charge is 0.497 e. The van der Waals surface area contributed by atoms with Crippen LogP contribution in [-0.2, 0) is 0 Å². The van der Waals surface area contributed by atoms with Gasteiger partial charge in [0, 0.05) is 22.9 Å². The van der Waals surface area contributed by atoms with E-state index in [0.717, 1.165) is 16.8 Å². The monoisotopic (exact) mass is 415 g/mol. The molecule has 0 saturated carbocycles. The molecule has 4 rings (SSSR count). The molecular weight excluding hydrogens is 394 g/mol. The zero-order chi connectivity index (χ0) is 21.6. The Hall–Kier alpha value is -4.26. The fourth-order valence-corrected chi connectivity index (χ4v) is 3.03. The Kier molecular flexibility index (Phi) is 5.84. The standard InChI is InChI=1S/C24H21N3O4/c1-29-19-12-13-20(22(14-19)30-2)27-24(28)25-18-10-8-17(9-11-18)23-26-21(15-31-23)16-6-4-3-5-7-16/h3-15H,1-2H3,(H2,25,27,28). The first-order chi connectivity index (χ1) is 15.2. The van der Waals surface area contributed by atoms with Gasteiger partial charge in [-0.2, -0.15) is 0 Å². The second kappa shape index (κ2) is 9.04. The summed E-state index contributed by atoms with van der Waals surface area (Å²) in [6.45, 7) is 0. The van der Waals surface area contributed by atoms with Crippen LogP contribution in [0.3, 0.4) is 0 Å². The van der Waals surface area contributed by atoms with Gasteiger partial charge in [-0.3, -0.25) is 0 Å². The second-order valence-electron chi connectivity index (χ2n) is 6.63. The number of aromatic nitrogens is 1. The fraction of sp³-hybridized carbons (Fsp3) is 0.0833. The molecule has 3 aromatic carbocycles. The van der Waals surface area contributed by atoms with E-state index in [2.05, 4.69) is 15.6 Å². The summed E-state index contributed by atoms with van der Waals surface area (Å²) in [5.74, 6) is 1.65. The number of rotatable bonds is 6. The van der Waals surface area contributed by atoms with Crippen molar-refractivity contribution < 1.29 is 18.7 Å². The molecule has 1 heterocycles. The Balaban J connectivity index is 1.42. The molecule has 7 heteroatoms. The molecule has 156 valence electrons. The molecule has 0 aliphatic rings. The lowest BCUT2D eigenvalue weighted by Crippen LogP contribution is -2.19. The highest BCUT2D eigenvalue weighted by Gasteiger charge is 2.11. The van der Waals surface area contributed by atoms with Crippen molar-refractivity contribution in [2.24, 2.45) is 0 Å². The first-order valence-corrected chi connectivity index (χ1v) is 9.57. The number of ether oxygens (including phenoxy) is 2. The molecule has 0 aliphatic heterocycles. The Bertz CT molecular complexity index is 1170. The summed E-state index contributed by atoms with van der Waals surface area (Å²) in [6.07, 6.45) is 1.63. The molecule has 0 unspecified atom stereocenters. The molecule has 0 atom stereocenters. The molecule has 7 nitrogen and oxygen atoms in total. The summed E-state index contributed by atoms with van der Waals surface area (Å²) >= 11 is 0. The minimum atomic E-state index is -0.390. The Morgan fingerprint density at radius 3 is 2.35 bits per heavy atom. The number of anilines is 2. The zero-order valence-electron chi connectivity index (χ0n) is 17.1. The quantitative estimate of drug-likeness (QED) is 0.424. The van der Waals surface area contributed by atoms with E-state index in [1.165, 1.54) is 7.11 Å². The zero-order valence-corrected chi connectivity index (χ0v) is 17.1. The molecule has 4 aromatic rings. The van der Waals surface area contributed by atoms with Crippen molar-refractivity contribution in [3.05, 3.63) is 79.1 Å². The van der Waals surface area contributed by atoms with Crippen molar-refractivity contribution >= 4 is 17.4 Å². The molecular formula is C24H21N3O4. The number of nitrogens with zero attached hydrogens (tertiary/aromatic N) is 1. The van der Waals surface area contributed by atoms with E-state index in [1.54, 1.807) is 43.7 Å². The van der Waals surface area contributed by atoms with E-state index in [4.69, 9.17) is 13.9 Å². The van der Waals surface area contributed by atoms with Gasteiger partial charge in [0.05, 0.1) is 19.9 Å². The molecule has 0 radical (unpaired) electrons. The molecule has 0 bridgehead atoms. The maximum absolute atomic E-state index is 12.4. The van der Waals surface area contributed by atoms with E-state index >= 15 is 0 Å². The van der Waals surface area contributed by atoms with Crippen LogP contribution in [-0.4, -0.2) is 25.2 Å². The van der Waals surface area contributed by atoms with E-state index in [1.807, 2.05) is 42.5 Å². The number of amides is 2. The number of methoxy groups -OCH3 is 2. The van der Waals surface area contributed by atoms with Gasteiger partial charge in [-0.15, -0.1) is 0 Å². The number of hydrogen-bond acceptors (Lipinski definition) is 5. The van der Waals surface area contributed by atoms with Crippen LogP contribution >= 0.6 is 0 Å². The second-order valence-corrected chi connectivity index (χ2v) is 6.63. The lowest BCUT2D eigenvalue weighted by Gasteiger charge is -2.12. The first kappa shape index (κ1) is 20.0. The van der Waals surface area contributed by atoms with Gasteiger partial charge < -0.3 is 24.5 Å². The number of carbonyl (C=O) groups excluding carboxylic acids is 1. The van der Waals surface area contributed by atoms with Gasteiger partial charge in [0.1, 0.15) is 23.5 Å². The Morgan fingerprint density at radius 1 is 0.871 bits per heavy atom. The summed E-state index contributed by atoms with van der Waals surface area (Å²) in [7, 11) is 3.10. The van der Waals surface area contributed by atoms with Crippen molar-refractivity contribution in [3.63, 3.8) is 0 Å². The predicted molar refractivity (Wildman–Crippen MR) is 120 cm³/mol. The maximum atomic E-state index is 12.4. The lowest BCUT2D eigenvalue weighted by atomic mass is 10.2. The first-order valence-electron chi connectivity index (χ1n) is 9.57. The van der Waals surface area contributed by atoms with Crippen molar-refractivity contribution in [3.8, 4) is 34.2 Å². The minimum absolute atomic E-state index is 0.390. The summed E-state index contributed by atoms with van der Waals surface area (Å²) in [5, 5.41) is 5.56. The SMILES string of the molecule is COc1ccc(NC(=O)Nc2ccc(-c3nc(-c4ccccc4)co3)cc2)c(OC)c1. The highest BCUT2D eigenvalue weighted by Crippen LogP contribution is 2.29. The highest BCUT2D eigenvalue weighted by atomic mass is 16.5. The smallest absolute Gasteiger partial charge is 0.323 e. The summed E-state index contributed by atoms with van der Waals surface area (Å²) in [6, 6.07) is 21.8. The van der Waals surface area contributed by atoms with Gasteiger partial charge in [0.25, 0.3) is 0 Å². The average molecular weight is 415 g/mol. The molecule has 0 fully saturated rings. The van der Waals surface area contributed by atoms with Crippen LogP contribution < -0.4 is 20.1 Å². The molecule has 31 heavy (non-hydrogen) atoms. The maximum Gasteiger partial charge on any atom is 0.323 e. The Morgan fingerprint density at radius 2 is 1.65 bits per heavy atom. The van der Waals surface area contributed by atoms with Gasteiger partial charge >= 0.3 is 6.03 Å². The molecule has 1 aromatic heterocycles. The Labute approximate surface area is 179 Å². The van der Waals surface area contributed by atoms with E-state index in [9.17, 15) is 4.79 Å². The van der Waals surface area contributed by atoms with Crippen LogP contribution in [0.4, 0.5) is 16.2 Å². The summed E-state index contributed by atoms with van der Waals surface area (Å²) in [4.78, 5) is 16.9. The van der Waals surface area contributed by atoms with Crippen molar-refractivity contribution in [1.29, 1.82) is 0 Å². The van der Waals surface area contributed by atoms with Gasteiger partial charge in [0.2, 0.25) is 5.89 Å². The van der Waals surface area contributed by atoms with Gasteiger partial charge in [-0.25, -0.2) is 9.78 Å². The van der Waals surface area contributed by atoms with Crippen LogP contribution in [0, 0.1) is 0 Å². The molecule has 0 spiro atoms. The van der Waals surface area contributed by atoms with Crippen LogP contribution in [0.15, 0.2) is 83.5 Å². The third kappa shape index (κ3) is 4.67. The molecule has 2 N–H and O–H groups in total. The molecule has 2 amide bonds. The highest BCUT2D eigenvalue weighted by molar-refractivity contribution is 6.00. The lowest BCUT2D eigenvalue weighted by molar-refractivity contribution is 0.262. The van der Waals surface area contributed by atoms with Gasteiger partial charge in [-0.1, -0.05) is 30.3 Å². The van der Waals surface area contributed by atoms with Crippen molar-refractivity contribution in [2.45, 2.75) is 0 Å². The van der Waals surface area contributed by atoms with Crippen LogP contribution in [0.1, 0.15) is 0 Å². The average Bonchev–Trinajstić information content (AvgIpc) is 3.31. The number of benzene rings is 3. The van der Waals surface area contributed by atoms with Crippen molar-refractivity contribution in [1.82, 2.24) is 4.98 Å². The molecule has 0 aliphatic carbocycles. The van der Waals surface area contributed by atoms with Crippen LogP contribution in [0.5, 0.6) is 11.5 Å². The van der Waals surface area contributed by atoms with E-state index in [-0.39, 0.29) is 0 Å². The normalized spacial score (nSPS) is 10.4. The molecule has 0 saturated heterocycles. The summed E-state index contributed by atoms with van der Waals surface area (Å²) in [5.41, 5.74) is 3.73. The van der Waals surface area contributed by atoms with Crippen molar-refractivity contribution in [2.75, 3.05) is 24.9 Å². The van der Waals surface area contributed by atoms with Crippen LogP contribution in [0.2, 0.25) is 0 Å². The third-order valence-corrected chi connectivity index (χ3v) is 4.62. The van der Waals surface area contributed by atoms with E-state index < -0.39 is 6.03 Å². The van der Waals surface area contributed by atoms with Gasteiger partial charge in [-0.05, 0) is 36.4 Å². The minimum Gasteiger partial charge on any atom is -0.497 e. The number of nitrogens with one attached hydrogen (secondary N) is 2. The van der Waals surface area contributed by atoms with Gasteiger partial charge in [0.15, 0.2) is 0 Å². The summed E-state index contributed by atoms with van der Waals surface area (Å²) < 4.78 is 16.1. The topological polar surface area (TPSA) is 85.6 Å². The number of hydrogen-bond donors (Lipinski definition) is 2. The number of carbonyl (C=O) groups is 1. The predicted octanol–water partition coefficient (Wildman–Crippen LogP) is 5.67. The number of oxazole rings is 1. The third-order valence-electron chi connectivity index (χ3n) is 4.62. The van der Waals surface area contributed by atoms with Crippen LogP contribution in [0.25, 0.3) is 22.7 Å². The van der Waals surface area contributed by atoms with E-state index in [0.29, 0.717) is 28.8 Å².